The van der Waals surface area contributed by atoms with E-state index in [1.807, 2.05) is 29.3 Å². The maximum Gasteiger partial charge on any atom is 0.256 e. The molecule has 2 aromatic rings. The lowest BCUT2D eigenvalue weighted by Crippen LogP contribution is -2.54. The van der Waals surface area contributed by atoms with Crippen molar-refractivity contribution in [2.75, 3.05) is 26.4 Å². The molecule has 6 heteroatoms. The van der Waals surface area contributed by atoms with Crippen LogP contribution in [0.15, 0.2) is 30.6 Å². The summed E-state index contributed by atoms with van der Waals surface area (Å²) in [7, 11) is 0. The van der Waals surface area contributed by atoms with Gasteiger partial charge in [0.15, 0.2) is 0 Å². The molecule has 0 radical (unpaired) electrons. The third-order valence-corrected chi connectivity index (χ3v) is 5.65. The van der Waals surface area contributed by atoms with Crippen LogP contribution in [0.1, 0.15) is 36.0 Å². The molecule has 6 nitrogen and oxygen atoms in total. The minimum absolute atomic E-state index is 0.00860. The minimum Gasteiger partial charge on any atom is -0.394 e. The molecule has 0 aromatic carbocycles. The molecule has 2 aliphatic rings. The number of amides is 1. The van der Waals surface area contributed by atoms with Crippen molar-refractivity contribution in [1.82, 2.24) is 14.5 Å². The quantitative estimate of drug-likeness (QED) is 0.911. The van der Waals surface area contributed by atoms with Crippen molar-refractivity contribution >= 4 is 11.4 Å². The van der Waals surface area contributed by atoms with Gasteiger partial charge in [-0.15, -0.1) is 0 Å². The lowest BCUT2D eigenvalue weighted by atomic mass is 9.72. The van der Waals surface area contributed by atoms with Gasteiger partial charge in [0.1, 0.15) is 0 Å². The average molecular weight is 329 g/mol. The van der Waals surface area contributed by atoms with Crippen molar-refractivity contribution in [1.29, 1.82) is 0 Å². The van der Waals surface area contributed by atoms with Crippen LogP contribution in [0.4, 0.5) is 0 Å². The number of carbonyl (C=O) groups is 1. The van der Waals surface area contributed by atoms with Gasteiger partial charge >= 0.3 is 0 Å². The molecular weight excluding hydrogens is 306 g/mol. The molecule has 1 unspecified atom stereocenters. The number of aliphatic hydroxyl groups excluding tert-OH is 1. The molecular formula is C18H23N3O3. The van der Waals surface area contributed by atoms with E-state index in [2.05, 4.69) is 5.10 Å². The number of fused-ring (bicyclic) bond motifs is 1. The van der Waals surface area contributed by atoms with Crippen LogP contribution in [0.5, 0.6) is 0 Å². The van der Waals surface area contributed by atoms with E-state index in [1.165, 1.54) is 0 Å². The molecule has 2 aliphatic heterocycles. The fourth-order valence-corrected chi connectivity index (χ4v) is 4.13. The highest BCUT2D eigenvalue weighted by Crippen LogP contribution is 2.41. The zero-order valence-electron chi connectivity index (χ0n) is 13.7. The largest absolute Gasteiger partial charge is 0.394 e. The van der Waals surface area contributed by atoms with Crippen LogP contribution < -0.4 is 0 Å². The van der Waals surface area contributed by atoms with Crippen molar-refractivity contribution in [3.8, 4) is 0 Å². The Hall–Kier alpha value is -1.92. The van der Waals surface area contributed by atoms with E-state index in [1.54, 1.807) is 10.7 Å². The van der Waals surface area contributed by atoms with E-state index in [9.17, 15) is 9.90 Å². The van der Waals surface area contributed by atoms with Gasteiger partial charge in [-0.25, -0.2) is 4.52 Å². The second-order valence-electron chi connectivity index (χ2n) is 7.00. The molecule has 4 rings (SSSR count). The number of hydrogen-bond donors (Lipinski definition) is 1. The highest BCUT2D eigenvalue weighted by molar-refractivity contribution is 6.00. The third kappa shape index (κ3) is 2.59. The second-order valence-corrected chi connectivity index (χ2v) is 7.00. The zero-order valence-corrected chi connectivity index (χ0v) is 13.7. The number of nitrogens with zero attached hydrogens (tertiary/aromatic N) is 3. The molecule has 128 valence electrons. The predicted octanol–water partition coefficient (Wildman–Crippen LogP) is 1.73. The van der Waals surface area contributed by atoms with E-state index in [4.69, 9.17) is 4.74 Å². The molecule has 24 heavy (non-hydrogen) atoms. The molecule has 1 N–H and O–H groups in total. The van der Waals surface area contributed by atoms with Gasteiger partial charge in [0.25, 0.3) is 5.91 Å². The van der Waals surface area contributed by atoms with Crippen molar-refractivity contribution in [3.05, 3.63) is 36.2 Å². The highest BCUT2D eigenvalue weighted by atomic mass is 16.5. The molecule has 1 spiro atoms. The maximum atomic E-state index is 13.2. The standard InChI is InChI=1S/C18H23N3O3/c22-12-14-3-5-18(6-10-24-11-7-18)13-20(14)17(23)15-2-1-9-21-16(15)4-8-19-21/h1-2,4,8-9,14,22H,3,5-7,10-13H2. The molecule has 1 amide bonds. The smallest absolute Gasteiger partial charge is 0.256 e. The van der Waals surface area contributed by atoms with Gasteiger partial charge < -0.3 is 14.7 Å². The maximum absolute atomic E-state index is 13.2. The monoisotopic (exact) mass is 329 g/mol. The van der Waals surface area contributed by atoms with Crippen LogP contribution in [0, 0.1) is 5.41 Å². The number of carbonyl (C=O) groups excluding carboxylic acids is 1. The SMILES string of the molecule is O=C(c1cccn2nccc12)N1CC2(CCOCC2)CCC1CO. The number of likely N-dealkylation sites (tertiary alicyclic amines) is 1. The fraction of sp³-hybridized carbons (Fsp3) is 0.556. The summed E-state index contributed by atoms with van der Waals surface area (Å²) in [5.41, 5.74) is 1.61. The summed E-state index contributed by atoms with van der Waals surface area (Å²) in [6.07, 6.45) is 7.43. The van der Waals surface area contributed by atoms with Crippen molar-refractivity contribution in [2.24, 2.45) is 5.41 Å². The summed E-state index contributed by atoms with van der Waals surface area (Å²) in [5.74, 6) is -0.00860. The van der Waals surface area contributed by atoms with Crippen molar-refractivity contribution < 1.29 is 14.6 Å². The summed E-state index contributed by atoms with van der Waals surface area (Å²) < 4.78 is 7.23. The van der Waals surface area contributed by atoms with Crippen LogP contribution in [-0.4, -0.2) is 57.9 Å². The Balaban J connectivity index is 1.66. The molecule has 0 aliphatic carbocycles. The first kappa shape index (κ1) is 15.6. The zero-order chi connectivity index (χ0) is 16.6. The Bertz CT molecular complexity index is 736. The summed E-state index contributed by atoms with van der Waals surface area (Å²) in [4.78, 5) is 15.1. The van der Waals surface area contributed by atoms with Gasteiger partial charge in [-0.3, -0.25) is 4.79 Å². The number of pyridine rings is 1. The topological polar surface area (TPSA) is 67.1 Å². The minimum atomic E-state index is -0.103. The molecule has 1 atom stereocenters. The number of ether oxygens (including phenoxy) is 1. The van der Waals surface area contributed by atoms with Gasteiger partial charge in [0.2, 0.25) is 0 Å². The number of aromatic nitrogens is 2. The normalized spacial score (nSPS) is 23.7. The Morgan fingerprint density at radius 2 is 2.17 bits per heavy atom. The van der Waals surface area contributed by atoms with Crippen LogP contribution >= 0.6 is 0 Å². The van der Waals surface area contributed by atoms with E-state index in [0.29, 0.717) is 12.1 Å². The molecule has 2 aromatic heterocycles. The van der Waals surface area contributed by atoms with E-state index >= 15 is 0 Å². The van der Waals surface area contributed by atoms with Crippen LogP contribution in [-0.2, 0) is 4.74 Å². The van der Waals surface area contributed by atoms with Gasteiger partial charge in [-0.1, -0.05) is 0 Å². The van der Waals surface area contributed by atoms with Gasteiger partial charge in [-0.2, -0.15) is 5.10 Å². The number of rotatable bonds is 2. The summed E-state index contributed by atoms with van der Waals surface area (Å²) in [5, 5.41) is 14.0. The molecule has 2 fully saturated rings. The first-order valence-electron chi connectivity index (χ1n) is 8.64. The Morgan fingerprint density at radius 3 is 2.96 bits per heavy atom. The molecule has 4 heterocycles. The van der Waals surface area contributed by atoms with Gasteiger partial charge in [0, 0.05) is 26.0 Å². The van der Waals surface area contributed by atoms with E-state index in [0.717, 1.165) is 44.4 Å². The Morgan fingerprint density at radius 1 is 1.33 bits per heavy atom. The van der Waals surface area contributed by atoms with Crippen LogP contribution in [0.25, 0.3) is 5.52 Å². The second kappa shape index (κ2) is 6.18. The van der Waals surface area contributed by atoms with Crippen LogP contribution in [0.2, 0.25) is 0 Å². The molecule has 0 saturated carbocycles. The average Bonchev–Trinajstić information content (AvgIpc) is 3.10. The summed E-state index contributed by atoms with van der Waals surface area (Å²) >= 11 is 0. The number of hydrogen-bond acceptors (Lipinski definition) is 4. The third-order valence-electron chi connectivity index (χ3n) is 5.65. The van der Waals surface area contributed by atoms with Crippen molar-refractivity contribution in [3.63, 3.8) is 0 Å². The molecule has 2 saturated heterocycles. The highest BCUT2D eigenvalue weighted by Gasteiger charge is 2.42. The number of piperidine rings is 1. The molecule has 0 bridgehead atoms. The Kier molecular flexibility index (Phi) is 4.02. The fourth-order valence-electron chi connectivity index (χ4n) is 4.13. The van der Waals surface area contributed by atoms with Gasteiger partial charge in [0.05, 0.1) is 29.9 Å². The lowest BCUT2D eigenvalue weighted by Gasteiger charge is -2.48. The van der Waals surface area contributed by atoms with Crippen molar-refractivity contribution in [2.45, 2.75) is 31.7 Å². The first-order valence-corrected chi connectivity index (χ1v) is 8.64. The number of aliphatic hydroxyl groups is 1. The predicted molar refractivity (Wildman–Crippen MR) is 88.8 cm³/mol. The Labute approximate surface area is 141 Å². The summed E-state index contributed by atoms with van der Waals surface area (Å²) in [6, 6.07) is 5.44. The van der Waals surface area contributed by atoms with Gasteiger partial charge in [-0.05, 0) is 49.3 Å². The van der Waals surface area contributed by atoms with Crippen LogP contribution in [0.3, 0.4) is 0 Å². The van der Waals surface area contributed by atoms with E-state index in [-0.39, 0.29) is 24.0 Å². The lowest BCUT2D eigenvalue weighted by molar-refractivity contribution is -0.0435. The summed E-state index contributed by atoms with van der Waals surface area (Å²) in [6.45, 7) is 2.25. The van der Waals surface area contributed by atoms with E-state index < -0.39 is 0 Å². The first-order chi connectivity index (χ1) is 11.7.